The molecular formula is C22H24F2N6O4S. The molecule has 0 aliphatic rings. The minimum Gasteiger partial charge on any atom is -0.350 e. The van der Waals surface area contributed by atoms with Crippen molar-refractivity contribution < 1.29 is 26.8 Å². The summed E-state index contributed by atoms with van der Waals surface area (Å²) in [7, 11) is -3.86. The van der Waals surface area contributed by atoms with Crippen LogP contribution in [0.2, 0.25) is 0 Å². The third-order valence-electron chi connectivity index (χ3n) is 5.08. The quantitative estimate of drug-likeness (QED) is 0.402. The molecular weight excluding hydrogens is 482 g/mol. The molecule has 0 spiro atoms. The van der Waals surface area contributed by atoms with Gasteiger partial charge >= 0.3 is 0 Å². The Labute approximate surface area is 200 Å². The van der Waals surface area contributed by atoms with Gasteiger partial charge in [-0.15, -0.1) is 5.10 Å². The number of rotatable bonds is 9. The van der Waals surface area contributed by atoms with Gasteiger partial charge in [0.1, 0.15) is 23.4 Å². The van der Waals surface area contributed by atoms with Gasteiger partial charge in [0.05, 0.1) is 17.6 Å². The largest absolute Gasteiger partial charge is 0.350 e. The second-order valence-corrected chi connectivity index (χ2v) is 9.65. The van der Waals surface area contributed by atoms with Crippen LogP contribution in [0.25, 0.3) is 0 Å². The molecule has 3 rings (SSSR count). The first-order valence-corrected chi connectivity index (χ1v) is 12.0. The molecule has 1 atom stereocenters. The SMILES string of the molecule is CC(C)C(C(=O)NCc1cc(F)ccc1F)n1cc(CNC(=O)c2ccc(S(N)(=O)=O)cc2)nn1. The number of nitrogens with zero attached hydrogens (tertiary/aromatic N) is 3. The second-order valence-electron chi connectivity index (χ2n) is 8.08. The summed E-state index contributed by atoms with van der Waals surface area (Å²) < 4.78 is 51.2. The van der Waals surface area contributed by atoms with Crippen LogP contribution in [-0.4, -0.2) is 35.2 Å². The standard InChI is InChI=1S/C22H24F2N6O4S/c1-13(2)20(22(32)26-10-15-9-16(23)5-8-19(15)24)30-12-17(28-29-30)11-27-21(31)14-3-6-18(7-4-14)35(25,33)34/h3-9,12-13,20H,10-11H2,1-2H3,(H,26,32)(H,27,31)(H2,25,33,34). The number of sulfonamides is 1. The molecule has 1 heterocycles. The summed E-state index contributed by atoms with van der Waals surface area (Å²) in [5.41, 5.74) is 0.600. The van der Waals surface area contributed by atoms with Crippen LogP contribution in [0.1, 0.15) is 41.5 Å². The fraction of sp³-hybridized carbons (Fsp3) is 0.273. The highest BCUT2D eigenvalue weighted by molar-refractivity contribution is 7.89. The Morgan fingerprint density at radius 3 is 2.37 bits per heavy atom. The molecule has 2 aromatic carbocycles. The lowest BCUT2D eigenvalue weighted by Crippen LogP contribution is -2.35. The first kappa shape index (κ1) is 25.9. The summed E-state index contributed by atoms with van der Waals surface area (Å²) in [6.45, 7) is 3.38. The van der Waals surface area contributed by atoms with E-state index in [9.17, 15) is 26.8 Å². The van der Waals surface area contributed by atoms with Crippen LogP contribution in [-0.2, 0) is 27.9 Å². The molecule has 0 aliphatic heterocycles. The van der Waals surface area contributed by atoms with E-state index in [0.29, 0.717) is 5.69 Å². The van der Waals surface area contributed by atoms with Gasteiger partial charge in [0, 0.05) is 17.7 Å². The zero-order valence-corrected chi connectivity index (χ0v) is 19.7. The number of halogens is 2. The molecule has 10 nitrogen and oxygen atoms in total. The average Bonchev–Trinajstić information content (AvgIpc) is 3.25. The summed E-state index contributed by atoms with van der Waals surface area (Å²) in [4.78, 5) is 25.0. The van der Waals surface area contributed by atoms with E-state index in [0.717, 1.165) is 18.2 Å². The van der Waals surface area contributed by atoms with Gasteiger partial charge in [-0.3, -0.25) is 9.59 Å². The van der Waals surface area contributed by atoms with Gasteiger partial charge in [-0.05, 0) is 48.4 Å². The fourth-order valence-electron chi connectivity index (χ4n) is 3.29. The Morgan fingerprint density at radius 2 is 1.74 bits per heavy atom. The highest BCUT2D eigenvalue weighted by atomic mass is 32.2. The maximum atomic E-state index is 13.8. The minimum atomic E-state index is -3.86. The van der Waals surface area contributed by atoms with Gasteiger partial charge in [-0.2, -0.15) is 0 Å². The topological polar surface area (TPSA) is 149 Å². The van der Waals surface area contributed by atoms with Gasteiger partial charge in [0.15, 0.2) is 0 Å². The van der Waals surface area contributed by atoms with E-state index in [1.807, 2.05) is 0 Å². The van der Waals surface area contributed by atoms with Crippen LogP contribution < -0.4 is 15.8 Å². The fourth-order valence-corrected chi connectivity index (χ4v) is 3.81. The van der Waals surface area contributed by atoms with Crippen LogP contribution in [0.3, 0.4) is 0 Å². The number of aromatic nitrogens is 3. The lowest BCUT2D eigenvalue weighted by molar-refractivity contribution is -0.126. The van der Waals surface area contributed by atoms with Crippen molar-refractivity contribution in [3.05, 3.63) is 77.1 Å². The number of carbonyl (C=O) groups excluding carboxylic acids is 2. The van der Waals surface area contributed by atoms with Crippen molar-refractivity contribution in [3.63, 3.8) is 0 Å². The Kier molecular flexibility index (Phi) is 7.92. The maximum Gasteiger partial charge on any atom is 0.251 e. The molecule has 35 heavy (non-hydrogen) atoms. The predicted octanol–water partition coefficient (Wildman–Crippen LogP) is 1.65. The number of carbonyl (C=O) groups is 2. The van der Waals surface area contributed by atoms with Crippen molar-refractivity contribution in [3.8, 4) is 0 Å². The smallest absolute Gasteiger partial charge is 0.251 e. The predicted molar refractivity (Wildman–Crippen MR) is 121 cm³/mol. The Morgan fingerprint density at radius 1 is 1.06 bits per heavy atom. The molecule has 186 valence electrons. The lowest BCUT2D eigenvalue weighted by Gasteiger charge is -2.20. The Hall–Kier alpha value is -3.71. The monoisotopic (exact) mass is 506 g/mol. The molecule has 0 fully saturated rings. The summed E-state index contributed by atoms with van der Waals surface area (Å²) in [6.07, 6.45) is 1.50. The zero-order chi connectivity index (χ0) is 25.8. The third-order valence-corrected chi connectivity index (χ3v) is 6.01. The number of hydrogen-bond acceptors (Lipinski definition) is 6. The normalized spacial score (nSPS) is 12.4. The highest BCUT2D eigenvalue weighted by Gasteiger charge is 2.26. The van der Waals surface area contributed by atoms with Crippen molar-refractivity contribution in [2.24, 2.45) is 11.1 Å². The summed E-state index contributed by atoms with van der Waals surface area (Å²) in [5.74, 6) is -2.39. The van der Waals surface area contributed by atoms with E-state index in [1.54, 1.807) is 13.8 Å². The first-order valence-electron chi connectivity index (χ1n) is 10.5. The van der Waals surface area contributed by atoms with E-state index in [2.05, 4.69) is 20.9 Å². The summed E-state index contributed by atoms with van der Waals surface area (Å²) in [5, 5.41) is 18.2. The van der Waals surface area contributed by atoms with E-state index in [4.69, 9.17) is 5.14 Å². The van der Waals surface area contributed by atoms with Gasteiger partial charge in [-0.25, -0.2) is 27.0 Å². The van der Waals surface area contributed by atoms with E-state index in [1.165, 1.54) is 35.1 Å². The molecule has 0 saturated heterocycles. The van der Waals surface area contributed by atoms with Crippen LogP contribution in [0.4, 0.5) is 8.78 Å². The molecule has 0 saturated carbocycles. The van der Waals surface area contributed by atoms with Crippen molar-refractivity contribution in [2.75, 3.05) is 0 Å². The molecule has 2 amide bonds. The van der Waals surface area contributed by atoms with Gasteiger partial charge in [0.2, 0.25) is 15.9 Å². The van der Waals surface area contributed by atoms with Crippen LogP contribution >= 0.6 is 0 Å². The van der Waals surface area contributed by atoms with E-state index >= 15 is 0 Å². The molecule has 1 aromatic heterocycles. The first-order chi connectivity index (χ1) is 16.5. The third kappa shape index (κ3) is 6.67. The number of nitrogens with one attached hydrogen (secondary N) is 2. The minimum absolute atomic E-state index is 0.00326. The Bertz CT molecular complexity index is 1330. The number of amides is 2. The number of hydrogen-bond donors (Lipinski definition) is 3. The molecule has 0 radical (unpaired) electrons. The number of primary sulfonamides is 1. The number of benzene rings is 2. The second kappa shape index (κ2) is 10.7. The van der Waals surface area contributed by atoms with Crippen LogP contribution in [0.5, 0.6) is 0 Å². The molecule has 3 aromatic rings. The zero-order valence-electron chi connectivity index (χ0n) is 18.9. The molecule has 0 bridgehead atoms. The van der Waals surface area contributed by atoms with Gasteiger partial charge in [0.25, 0.3) is 5.91 Å². The van der Waals surface area contributed by atoms with Crippen molar-refractivity contribution in [1.29, 1.82) is 0 Å². The molecule has 13 heteroatoms. The van der Waals surface area contributed by atoms with Crippen LogP contribution in [0.15, 0.2) is 53.6 Å². The number of nitrogens with two attached hydrogens (primary N) is 1. The van der Waals surface area contributed by atoms with Crippen molar-refractivity contribution in [1.82, 2.24) is 25.6 Å². The van der Waals surface area contributed by atoms with E-state index in [-0.39, 0.29) is 35.0 Å². The van der Waals surface area contributed by atoms with E-state index < -0.39 is 39.5 Å². The molecule has 4 N–H and O–H groups in total. The lowest BCUT2D eigenvalue weighted by atomic mass is 10.0. The van der Waals surface area contributed by atoms with Crippen molar-refractivity contribution >= 4 is 21.8 Å². The van der Waals surface area contributed by atoms with Gasteiger partial charge in [-0.1, -0.05) is 19.1 Å². The summed E-state index contributed by atoms with van der Waals surface area (Å²) in [6, 6.07) is 7.31. The highest BCUT2D eigenvalue weighted by Crippen LogP contribution is 2.18. The molecule has 0 aliphatic carbocycles. The maximum absolute atomic E-state index is 13.8. The van der Waals surface area contributed by atoms with Gasteiger partial charge < -0.3 is 10.6 Å². The molecule has 1 unspecified atom stereocenters. The van der Waals surface area contributed by atoms with Crippen LogP contribution in [0, 0.1) is 17.6 Å². The van der Waals surface area contributed by atoms with Crippen molar-refractivity contribution in [2.45, 2.75) is 37.9 Å². The average molecular weight is 507 g/mol. The Balaban J connectivity index is 1.63. The summed E-state index contributed by atoms with van der Waals surface area (Å²) >= 11 is 0.